The van der Waals surface area contributed by atoms with Gasteiger partial charge in [-0.3, -0.25) is 0 Å². The molecule has 4 aromatic rings. The molecule has 7 heteroatoms. The highest BCUT2D eigenvalue weighted by Crippen LogP contribution is 2.37. The molecule has 0 fully saturated rings. The molecule has 0 atom stereocenters. The Morgan fingerprint density at radius 2 is 1.83 bits per heavy atom. The predicted octanol–water partition coefficient (Wildman–Crippen LogP) is 5.10. The molecule has 0 spiro atoms. The van der Waals surface area contributed by atoms with Crippen molar-refractivity contribution in [3.8, 4) is 39.8 Å². The lowest BCUT2D eigenvalue weighted by Crippen LogP contribution is -2.06. The Hall–Kier alpha value is -3.12. The zero-order valence-electron chi connectivity index (χ0n) is 16.2. The smallest absolute Gasteiger partial charge is 0.178 e. The zero-order valence-corrected chi connectivity index (χ0v) is 17.0. The topological polar surface area (TPSA) is 57.8 Å². The van der Waals surface area contributed by atoms with Crippen LogP contribution in [0.3, 0.4) is 0 Å². The van der Waals surface area contributed by atoms with Crippen LogP contribution in [-0.2, 0) is 6.54 Å². The molecule has 5 rings (SSSR count). The van der Waals surface area contributed by atoms with Crippen LogP contribution in [0.5, 0.6) is 5.75 Å². The van der Waals surface area contributed by atoms with Gasteiger partial charge in [0.15, 0.2) is 5.82 Å². The van der Waals surface area contributed by atoms with Crippen molar-refractivity contribution in [2.24, 2.45) is 0 Å². The van der Waals surface area contributed by atoms with E-state index in [1.165, 1.54) is 0 Å². The predicted molar refractivity (Wildman–Crippen MR) is 113 cm³/mol. The first kappa shape index (κ1) is 17.9. The minimum Gasteiger partial charge on any atom is -0.491 e. The van der Waals surface area contributed by atoms with Gasteiger partial charge in [-0.1, -0.05) is 29.8 Å². The number of fused-ring (bicyclic) bond motifs is 3. The monoisotopic (exact) mass is 405 g/mol. The number of halogens is 1. The maximum Gasteiger partial charge on any atom is 0.178 e. The summed E-state index contributed by atoms with van der Waals surface area (Å²) in [5.74, 6) is 2.49. The van der Waals surface area contributed by atoms with Gasteiger partial charge in [-0.15, -0.1) is 0 Å². The average molecular weight is 406 g/mol. The van der Waals surface area contributed by atoms with Crippen LogP contribution in [0.15, 0.2) is 55.0 Å². The van der Waals surface area contributed by atoms with E-state index in [1.807, 2.05) is 35.1 Å². The van der Waals surface area contributed by atoms with Gasteiger partial charge in [0.05, 0.1) is 12.1 Å². The van der Waals surface area contributed by atoms with E-state index < -0.39 is 0 Å². The fourth-order valence-corrected chi connectivity index (χ4v) is 3.75. The first-order chi connectivity index (χ1) is 14.1. The fourth-order valence-electron chi connectivity index (χ4n) is 3.62. The van der Waals surface area contributed by atoms with E-state index in [0.29, 0.717) is 6.61 Å². The summed E-state index contributed by atoms with van der Waals surface area (Å²) < 4.78 is 10.1. The molecule has 0 saturated carbocycles. The number of hydrogen-bond donors (Lipinski definition) is 0. The molecule has 2 aromatic carbocycles. The third-order valence-electron chi connectivity index (χ3n) is 5.06. The molecular formula is C22H20ClN5O. The summed E-state index contributed by atoms with van der Waals surface area (Å²) in [5.41, 5.74) is 3.97. The van der Waals surface area contributed by atoms with Crippen molar-refractivity contribution >= 4 is 11.6 Å². The van der Waals surface area contributed by atoms with Crippen LogP contribution < -0.4 is 4.74 Å². The number of rotatable bonds is 3. The van der Waals surface area contributed by atoms with E-state index >= 15 is 0 Å². The Morgan fingerprint density at radius 1 is 1.03 bits per heavy atom. The minimum atomic E-state index is 0.214. The Balaban J connectivity index is 1.58. The molecule has 0 saturated heterocycles. The third-order valence-corrected chi connectivity index (χ3v) is 5.31. The van der Waals surface area contributed by atoms with Crippen molar-refractivity contribution in [3.05, 3.63) is 60.0 Å². The number of imidazole rings is 1. The van der Waals surface area contributed by atoms with E-state index in [0.717, 1.165) is 51.3 Å². The summed E-state index contributed by atoms with van der Waals surface area (Å²) in [6, 6.07) is 14.3. The zero-order chi connectivity index (χ0) is 20.0. The molecule has 6 nitrogen and oxygen atoms in total. The van der Waals surface area contributed by atoms with Crippen molar-refractivity contribution in [1.29, 1.82) is 0 Å². The summed E-state index contributed by atoms with van der Waals surface area (Å²) in [6.45, 7) is 5.47. The van der Waals surface area contributed by atoms with Gasteiger partial charge >= 0.3 is 0 Å². The number of ether oxygens (including phenoxy) is 1. The van der Waals surface area contributed by atoms with Crippen LogP contribution in [0.2, 0.25) is 5.02 Å². The standard InChI is InChI=1S/C22H20ClN5O/c1-14(2)28-22(24-13-25-28)19-12-27-9-10-29-20-11-16(5-8-18(20)21(27)26-19)15-3-6-17(23)7-4-15/h3-8,11-14H,9-10H2,1-2H3. The molecule has 0 unspecified atom stereocenters. The fraction of sp³-hybridized carbons (Fsp3) is 0.227. The summed E-state index contributed by atoms with van der Waals surface area (Å²) in [7, 11) is 0. The Morgan fingerprint density at radius 3 is 2.62 bits per heavy atom. The maximum absolute atomic E-state index is 6.05. The summed E-state index contributed by atoms with van der Waals surface area (Å²) >= 11 is 6.02. The average Bonchev–Trinajstić information content (AvgIpc) is 3.33. The van der Waals surface area contributed by atoms with Gasteiger partial charge in [-0.25, -0.2) is 14.6 Å². The van der Waals surface area contributed by atoms with Crippen LogP contribution in [0.25, 0.3) is 34.0 Å². The highest BCUT2D eigenvalue weighted by molar-refractivity contribution is 6.30. The van der Waals surface area contributed by atoms with E-state index in [2.05, 4.69) is 46.7 Å². The van der Waals surface area contributed by atoms with Gasteiger partial charge in [0.1, 0.15) is 30.2 Å². The largest absolute Gasteiger partial charge is 0.491 e. The van der Waals surface area contributed by atoms with Crippen molar-refractivity contribution in [2.75, 3.05) is 6.61 Å². The SMILES string of the molecule is CC(C)n1ncnc1-c1cn2c(n1)-c1ccc(-c3ccc(Cl)cc3)cc1OCC2. The van der Waals surface area contributed by atoms with Crippen molar-refractivity contribution in [1.82, 2.24) is 24.3 Å². The van der Waals surface area contributed by atoms with Crippen molar-refractivity contribution in [3.63, 3.8) is 0 Å². The second-order valence-corrected chi connectivity index (χ2v) is 7.77. The minimum absolute atomic E-state index is 0.214. The number of benzene rings is 2. The van der Waals surface area contributed by atoms with E-state index in [-0.39, 0.29) is 6.04 Å². The first-order valence-electron chi connectivity index (χ1n) is 9.60. The highest BCUT2D eigenvalue weighted by Gasteiger charge is 2.22. The summed E-state index contributed by atoms with van der Waals surface area (Å²) in [5, 5.41) is 5.06. The Bertz CT molecular complexity index is 1180. The molecule has 1 aliphatic rings. The lowest BCUT2D eigenvalue weighted by atomic mass is 10.0. The van der Waals surface area contributed by atoms with Crippen LogP contribution in [0, 0.1) is 0 Å². The van der Waals surface area contributed by atoms with Gasteiger partial charge in [-0.2, -0.15) is 5.10 Å². The molecule has 146 valence electrons. The summed E-state index contributed by atoms with van der Waals surface area (Å²) in [4.78, 5) is 9.32. The summed E-state index contributed by atoms with van der Waals surface area (Å²) in [6.07, 6.45) is 3.61. The van der Waals surface area contributed by atoms with Crippen LogP contribution in [-0.4, -0.2) is 30.9 Å². The quantitative estimate of drug-likeness (QED) is 0.475. The van der Waals surface area contributed by atoms with Crippen LogP contribution >= 0.6 is 11.6 Å². The van der Waals surface area contributed by atoms with Gasteiger partial charge in [0.2, 0.25) is 0 Å². The molecule has 0 radical (unpaired) electrons. The number of aromatic nitrogens is 5. The first-order valence-corrected chi connectivity index (χ1v) is 9.98. The van der Waals surface area contributed by atoms with E-state index in [1.54, 1.807) is 6.33 Å². The highest BCUT2D eigenvalue weighted by atomic mass is 35.5. The Labute approximate surface area is 173 Å². The molecule has 0 bridgehead atoms. The van der Waals surface area contributed by atoms with Crippen molar-refractivity contribution in [2.45, 2.75) is 26.4 Å². The van der Waals surface area contributed by atoms with E-state index in [4.69, 9.17) is 21.3 Å². The Kier molecular flexibility index (Phi) is 4.36. The van der Waals surface area contributed by atoms with E-state index in [9.17, 15) is 0 Å². The second-order valence-electron chi connectivity index (χ2n) is 7.33. The third kappa shape index (κ3) is 3.19. The van der Waals surface area contributed by atoms with Crippen molar-refractivity contribution < 1.29 is 4.74 Å². The maximum atomic E-state index is 6.05. The van der Waals surface area contributed by atoms with Gasteiger partial charge < -0.3 is 9.30 Å². The molecule has 0 aliphatic carbocycles. The molecule has 0 N–H and O–H groups in total. The molecule has 1 aliphatic heterocycles. The molecule has 29 heavy (non-hydrogen) atoms. The van der Waals surface area contributed by atoms with Gasteiger partial charge in [0.25, 0.3) is 0 Å². The normalized spacial score (nSPS) is 13.0. The lowest BCUT2D eigenvalue weighted by Gasteiger charge is -2.10. The number of nitrogens with zero attached hydrogens (tertiary/aromatic N) is 5. The molecular weight excluding hydrogens is 386 g/mol. The van der Waals surface area contributed by atoms with Crippen LogP contribution in [0.1, 0.15) is 19.9 Å². The van der Waals surface area contributed by atoms with Crippen LogP contribution in [0.4, 0.5) is 0 Å². The lowest BCUT2D eigenvalue weighted by molar-refractivity contribution is 0.307. The number of hydrogen-bond acceptors (Lipinski definition) is 4. The molecule has 3 heterocycles. The van der Waals surface area contributed by atoms with Gasteiger partial charge in [0, 0.05) is 17.3 Å². The van der Waals surface area contributed by atoms with Gasteiger partial charge in [-0.05, 0) is 49.2 Å². The molecule has 0 amide bonds. The second kappa shape index (κ2) is 7.04. The molecule has 2 aromatic heterocycles.